The zero-order valence-corrected chi connectivity index (χ0v) is 13.7. The molecule has 1 aromatic heterocycles. The van der Waals surface area contributed by atoms with Gasteiger partial charge in [0.2, 0.25) is 0 Å². The van der Waals surface area contributed by atoms with Gasteiger partial charge in [0.1, 0.15) is 23.0 Å². The van der Waals surface area contributed by atoms with Crippen LogP contribution in [0.5, 0.6) is 5.75 Å². The van der Waals surface area contributed by atoms with Gasteiger partial charge in [0, 0.05) is 36.3 Å². The first-order valence-corrected chi connectivity index (χ1v) is 7.96. The Balaban J connectivity index is 1.64. The van der Waals surface area contributed by atoms with Crippen LogP contribution in [0.4, 0.5) is 9.18 Å². The second kappa shape index (κ2) is 7.52. The zero-order chi connectivity index (χ0) is 17.8. The summed E-state index contributed by atoms with van der Waals surface area (Å²) in [4.78, 5) is 10.8. The third-order valence-electron chi connectivity index (χ3n) is 4.09. The van der Waals surface area contributed by atoms with E-state index in [9.17, 15) is 9.18 Å². The van der Waals surface area contributed by atoms with Gasteiger partial charge in [-0.15, -0.1) is 0 Å². The fourth-order valence-corrected chi connectivity index (χ4v) is 2.80. The maximum atomic E-state index is 14.3. The summed E-state index contributed by atoms with van der Waals surface area (Å²) in [7, 11) is 0. The van der Waals surface area contributed by atoms with E-state index < -0.39 is 11.9 Å². The molecule has 25 heavy (non-hydrogen) atoms. The van der Waals surface area contributed by atoms with E-state index in [0.717, 1.165) is 0 Å². The average Bonchev–Trinajstić information content (AvgIpc) is 3.00. The van der Waals surface area contributed by atoms with E-state index >= 15 is 0 Å². The van der Waals surface area contributed by atoms with Crippen molar-refractivity contribution in [2.24, 2.45) is 5.92 Å². The molecular weight excluding hydrogens is 331 g/mol. The predicted molar refractivity (Wildman–Crippen MR) is 86.0 cm³/mol. The third kappa shape index (κ3) is 4.27. The summed E-state index contributed by atoms with van der Waals surface area (Å²) in [6, 6.07) is 5.91. The van der Waals surface area contributed by atoms with Gasteiger partial charge in [0.25, 0.3) is 0 Å². The first kappa shape index (κ1) is 17.2. The van der Waals surface area contributed by atoms with Gasteiger partial charge < -0.3 is 24.4 Å². The minimum absolute atomic E-state index is 0.134. The number of carboxylic acid groups (broad SMARTS) is 1. The molecule has 1 aliphatic heterocycles. The van der Waals surface area contributed by atoms with Crippen molar-refractivity contribution in [3.63, 3.8) is 0 Å². The Labute approximate surface area is 143 Å². The molecule has 2 aromatic rings. The van der Waals surface area contributed by atoms with Gasteiger partial charge in [-0.2, -0.15) is 0 Å². The highest BCUT2D eigenvalue weighted by atomic mass is 19.1. The molecule has 1 fully saturated rings. The normalized spacial score (nSPS) is 20.2. The zero-order valence-electron chi connectivity index (χ0n) is 13.7. The second-order valence-electron chi connectivity index (χ2n) is 5.96. The van der Waals surface area contributed by atoms with E-state index in [4.69, 9.17) is 19.1 Å². The fourth-order valence-electron chi connectivity index (χ4n) is 2.80. The molecule has 1 aromatic carbocycles. The number of hydrogen-bond donors (Lipinski definition) is 2. The summed E-state index contributed by atoms with van der Waals surface area (Å²) >= 11 is 0. The average molecular weight is 350 g/mol. The van der Waals surface area contributed by atoms with E-state index in [-0.39, 0.29) is 18.6 Å². The number of ether oxygens (including phenoxy) is 2. The Kier molecular flexibility index (Phi) is 5.18. The van der Waals surface area contributed by atoms with Crippen LogP contribution in [0, 0.1) is 18.7 Å². The van der Waals surface area contributed by atoms with E-state index in [0.29, 0.717) is 42.4 Å². The van der Waals surface area contributed by atoms with Crippen molar-refractivity contribution in [2.75, 3.05) is 19.8 Å². The summed E-state index contributed by atoms with van der Waals surface area (Å²) in [5.41, 5.74) is 0.753. The van der Waals surface area contributed by atoms with Crippen LogP contribution in [0.25, 0.3) is 11.3 Å². The van der Waals surface area contributed by atoms with Gasteiger partial charge in [-0.25, -0.2) is 9.18 Å². The van der Waals surface area contributed by atoms with Gasteiger partial charge in [-0.1, -0.05) is 5.16 Å². The molecular formula is C17H19FN2O5. The molecule has 0 saturated carbocycles. The number of amides is 1. The lowest BCUT2D eigenvalue weighted by atomic mass is 9.97. The Morgan fingerprint density at radius 2 is 2.32 bits per heavy atom. The van der Waals surface area contributed by atoms with Crippen LogP contribution >= 0.6 is 0 Å². The predicted octanol–water partition coefficient (Wildman–Crippen LogP) is 2.84. The highest BCUT2D eigenvalue weighted by Crippen LogP contribution is 2.26. The maximum Gasteiger partial charge on any atom is 0.404 e. The molecule has 1 saturated heterocycles. The van der Waals surface area contributed by atoms with Crippen LogP contribution in [-0.4, -0.2) is 42.2 Å². The highest BCUT2D eigenvalue weighted by Gasteiger charge is 2.27. The topological polar surface area (TPSA) is 93.8 Å². The molecule has 0 unspecified atom stereocenters. The number of hydrogen-bond acceptors (Lipinski definition) is 5. The van der Waals surface area contributed by atoms with Crippen LogP contribution in [0.2, 0.25) is 0 Å². The summed E-state index contributed by atoms with van der Waals surface area (Å²) < 4.78 is 30.3. The van der Waals surface area contributed by atoms with Crippen LogP contribution in [0.3, 0.4) is 0 Å². The number of halogens is 1. The van der Waals surface area contributed by atoms with E-state index in [2.05, 4.69) is 10.5 Å². The quantitative estimate of drug-likeness (QED) is 0.861. The minimum Gasteiger partial charge on any atom is -0.493 e. The molecule has 0 spiro atoms. The molecule has 3 rings (SSSR count). The van der Waals surface area contributed by atoms with Gasteiger partial charge in [0.15, 0.2) is 0 Å². The molecule has 2 N–H and O–H groups in total. The Hall–Kier alpha value is -2.61. The van der Waals surface area contributed by atoms with Gasteiger partial charge in [0.05, 0.1) is 13.2 Å². The Morgan fingerprint density at radius 3 is 3.00 bits per heavy atom. The summed E-state index contributed by atoms with van der Waals surface area (Å²) in [6.45, 7) is 2.86. The van der Waals surface area contributed by atoms with E-state index in [1.54, 1.807) is 25.1 Å². The number of aryl methyl sites for hydroxylation is 1. The largest absolute Gasteiger partial charge is 0.493 e. The maximum absolute atomic E-state index is 14.3. The van der Waals surface area contributed by atoms with E-state index in [1.807, 2.05) is 0 Å². The van der Waals surface area contributed by atoms with Crippen molar-refractivity contribution in [3.8, 4) is 17.0 Å². The molecule has 2 heterocycles. The second-order valence-corrected chi connectivity index (χ2v) is 5.96. The molecule has 134 valence electrons. The summed E-state index contributed by atoms with van der Waals surface area (Å²) in [5, 5.41) is 15.2. The number of carbonyl (C=O) groups is 1. The Morgan fingerprint density at radius 1 is 1.48 bits per heavy atom. The van der Waals surface area contributed by atoms with Crippen molar-refractivity contribution in [1.82, 2.24) is 10.5 Å². The van der Waals surface area contributed by atoms with Crippen molar-refractivity contribution in [2.45, 2.75) is 19.4 Å². The number of nitrogens with one attached hydrogen (secondary N) is 1. The fraction of sp³-hybridized carbons (Fsp3) is 0.412. The van der Waals surface area contributed by atoms with Crippen LogP contribution in [0.1, 0.15) is 12.2 Å². The first-order valence-electron chi connectivity index (χ1n) is 7.96. The molecule has 1 aliphatic rings. The highest BCUT2D eigenvalue weighted by molar-refractivity contribution is 5.65. The molecule has 2 atom stereocenters. The van der Waals surface area contributed by atoms with Crippen molar-refractivity contribution in [1.29, 1.82) is 0 Å². The Bertz CT molecular complexity index is 748. The monoisotopic (exact) mass is 350 g/mol. The molecule has 0 radical (unpaired) electrons. The smallest absolute Gasteiger partial charge is 0.404 e. The number of benzene rings is 1. The lowest BCUT2D eigenvalue weighted by Gasteiger charge is -2.31. The van der Waals surface area contributed by atoms with E-state index in [1.165, 1.54) is 6.07 Å². The van der Waals surface area contributed by atoms with Crippen molar-refractivity contribution >= 4 is 6.09 Å². The molecule has 7 nitrogen and oxygen atoms in total. The molecule has 8 heteroatoms. The third-order valence-corrected chi connectivity index (χ3v) is 4.09. The minimum atomic E-state index is -1.07. The summed E-state index contributed by atoms with van der Waals surface area (Å²) in [6.07, 6.45) is -0.491. The molecule has 1 amide bonds. The van der Waals surface area contributed by atoms with Gasteiger partial charge >= 0.3 is 6.09 Å². The lowest BCUT2D eigenvalue weighted by Crippen LogP contribution is -2.47. The first-order chi connectivity index (χ1) is 12.0. The van der Waals surface area contributed by atoms with Gasteiger partial charge in [-0.3, -0.25) is 0 Å². The summed E-state index contributed by atoms with van der Waals surface area (Å²) in [5.74, 6) is 0.363. The van der Waals surface area contributed by atoms with Crippen molar-refractivity contribution < 1.29 is 28.3 Å². The number of nitrogens with zero attached hydrogens (tertiary/aromatic N) is 1. The SMILES string of the molecule is Cc1cc(-c2ccc(OC[C@H]3COCC[C@@H]3NC(=O)O)cc2F)no1. The van der Waals surface area contributed by atoms with Gasteiger partial charge in [-0.05, 0) is 25.5 Å². The van der Waals surface area contributed by atoms with Crippen LogP contribution in [-0.2, 0) is 4.74 Å². The van der Waals surface area contributed by atoms with Crippen LogP contribution in [0.15, 0.2) is 28.8 Å². The van der Waals surface area contributed by atoms with Crippen LogP contribution < -0.4 is 10.1 Å². The van der Waals surface area contributed by atoms with Crippen molar-refractivity contribution in [3.05, 3.63) is 35.8 Å². The standard InChI is InChI=1S/C17H19FN2O5/c1-10-6-16(20-25-10)13-3-2-12(7-14(13)18)24-9-11-8-23-5-4-15(11)19-17(21)22/h2-3,6-7,11,15,19H,4-5,8-9H2,1H3,(H,21,22)/t11-,15+/m1/s1. The number of aromatic nitrogens is 1. The number of rotatable bonds is 5. The lowest BCUT2D eigenvalue weighted by molar-refractivity contribution is 0.0139. The molecule has 0 aliphatic carbocycles. The molecule has 0 bridgehead atoms.